The van der Waals surface area contributed by atoms with Gasteiger partial charge < -0.3 is 4.90 Å². The van der Waals surface area contributed by atoms with Gasteiger partial charge in [-0.2, -0.15) is 0 Å². The van der Waals surface area contributed by atoms with Crippen LogP contribution in [0.1, 0.15) is 44.1 Å². The van der Waals surface area contributed by atoms with Crippen LogP contribution in [0.5, 0.6) is 0 Å². The predicted octanol–water partition coefficient (Wildman–Crippen LogP) is 4.29. The molecular weight excluding hydrogens is 410 g/mol. The van der Waals surface area contributed by atoms with Crippen LogP contribution in [-0.4, -0.2) is 55.0 Å². The summed E-state index contributed by atoms with van der Waals surface area (Å²) in [6.45, 7) is 7.61. The summed E-state index contributed by atoms with van der Waals surface area (Å²) in [6, 6.07) is 0. The van der Waals surface area contributed by atoms with Gasteiger partial charge in [0.25, 0.3) is 0 Å². The van der Waals surface area contributed by atoms with Gasteiger partial charge in [-0.25, -0.2) is 9.38 Å². The first kappa shape index (κ1) is 20.0. The highest BCUT2D eigenvalue weighted by Gasteiger charge is 2.24. The molecule has 0 bridgehead atoms. The number of rotatable bonds is 7. The number of aromatic nitrogens is 4. The maximum Gasteiger partial charge on any atom is 0.233 e. The fourth-order valence-electron chi connectivity index (χ4n) is 3.72. The van der Waals surface area contributed by atoms with Crippen LogP contribution in [0, 0.1) is 0 Å². The van der Waals surface area contributed by atoms with E-state index in [0.717, 1.165) is 52.5 Å². The number of carbonyl (C=O) groups is 1. The SMILES string of the molecule is CCSc1nc2sc3c(c2c2nnc(SCC(=O)N(CC)CC)n12)CCCC3. The summed E-state index contributed by atoms with van der Waals surface area (Å²) >= 11 is 4.98. The monoisotopic (exact) mass is 435 g/mol. The van der Waals surface area contributed by atoms with Crippen molar-refractivity contribution >= 4 is 56.6 Å². The zero-order chi connectivity index (χ0) is 19.7. The third-order valence-electron chi connectivity index (χ3n) is 5.11. The normalized spacial score (nSPS) is 14.0. The standard InChI is InChI=1S/C19H25N5OS3/c1-4-23(5-2)14(25)11-27-19-22-21-16-15-12-9-7-8-10-13(12)28-17(15)20-18(24(16)19)26-6-3/h4-11H2,1-3H3. The number of nitrogens with zero attached hydrogens (tertiary/aromatic N) is 5. The Bertz CT molecular complexity index is 1010. The van der Waals surface area contributed by atoms with Crippen molar-refractivity contribution in [3.63, 3.8) is 0 Å². The van der Waals surface area contributed by atoms with Crippen molar-refractivity contribution in [3.05, 3.63) is 10.4 Å². The van der Waals surface area contributed by atoms with Crippen molar-refractivity contribution in [1.82, 2.24) is 24.5 Å². The van der Waals surface area contributed by atoms with E-state index in [2.05, 4.69) is 21.5 Å². The molecule has 0 aromatic carbocycles. The van der Waals surface area contributed by atoms with E-state index in [1.165, 1.54) is 40.4 Å². The second-order valence-corrected chi connectivity index (χ2v) is 9.97. The van der Waals surface area contributed by atoms with Gasteiger partial charge in [0.05, 0.1) is 11.1 Å². The van der Waals surface area contributed by atoms with E-state index in [1.54, 1.807) is 11.8 Å². The topological polar surface area (TPSA) is 63.4 Å². The van der Waals surface area contributed by atoms with Gasteiger partial charge >= 0.3 is 0 Å². The van der Waals surface area contributed by atoms with Gasteiger partial charge in [-0.1, -0.05) is 30.4 Å². The Labute approximate surface area is 177 Å². The number of hydrogen-bond acceptors (Lipinski definition) is 7. The van der Waals surface area contributed by atoms with Crippen LogP contribution in [0.15, 0.2) is 10.3 Å². The highest BCUT2D eigenvalue weighted by atomic mass is 32.2. The van der Waals surface area contributed by atoms with Crippen molar-refractivity contribution in [2.24, 2.45) is 0 Å². The Morgan fingerprint density at radius 2 is 1.89 bits per heavy atom. The molecule has 150 valence electrons. The van der Waals surface area contributed by atoms with Crippen LogP contribution in [0.2, 0.25) is 0 Å². The summed E-state index contributed by atoms with van der Waals surface area (Å²) < 4.78 is 2.07. The molecule has 1 aliphatic carbocycles. The molecule has 0 atom stereocenters. The lowest BCUT2D eigenvalue weighted by atomic mass is 9.97. The average Bonchev–Trinajstić information content (AvgIpc) is 3.28. The second kappa shape index (κ2) is 8.59. The minimum atomic E-state index is 0.137. The molecule has 0 N–H and O–H groups in total. The largest absolute Gasteiger partial charge is 0.343 e. The number of amides is 1. The van der Waals surface area contributed by atoms with Gasteiger partial charge in [0.2, 0.25) is 5.91 Å². The molecule has 9 heteroatoms. The van der Waals surface area contributed by atoms with Crippen LogP contribution < -0.4 is 0 Å². The minimum absolute atomic E-state index is 0.137. The summed E-state index contributed by atoms with van der Waals surface area (Å²) in [7, 11) is 0. The van der Waals surface area contributed by atoms with E-state index in [0.29, 0.717) is 5.75 Å². The fourth-order valence-corrected chi connectivity index (χ4v) is 6.64. The lowest BCUT2D eigenvalue weighted by Gasteiger charge is -2.17. The molecule has 0 radical (unpaired) electrons. The van der Waals surface area contributed by atoms with Crippen LogP contribution in [0.25, 0.3) is 15.9 Å². The molecule has 1 amide bonds. The summed E-state index contributed by atoms with van der Waals surface area (Å²) in [5, 5.41) is 11.9. The van der Waals surface area contributed by atoms with E-state index < -0.39 is 0 Å². The molecule has 0 saturated heterocycles. The Kier molecular flexibility index (Phi) is 6.13. The third kappa shape index (κ3) is 3.52. The van der Waals surface area contributed by atoms with E-state index >= 15 is 0 Å². The van der Waals surface area contributed by atoms with Crippen molar-refractivity contribution in [2.45, 2.75) is 56.8 Å². The van der Waals surface area contributed by atoms with Crippen LogP contribution in [-0.2, 0) is 17.6 Å². The number of carbonyl (C=O) groups excluding carboxylic acids is 1. The van der Waals surface area contributed by atoms with Gasteiger partial charge in [0, 0.05) is 18.0 Å². The number of hydrogen-bond donors (Lipinski definition) is 0. The lowest BCUT2D eigenvalue weighted by molar-refractivity contribution is -0.127. The molecule has 3 aromatic rings. The van der Waals surface area contributed by atoms with E-state index in [1.807, 2.05) is 30.1 Å². The first-order chi connectivity index (χ1) is 13.7. The smallest absolute Gasteiger partial charge is 0.233 e. The molecule has 3 heterocycles. The van der Waals surface area contributed by atoms with Crippen molar-refractivity contribution < 1.29 is 4.79 Å². The van der Waals surface area contributed by atoms with Crippen LogP contribution in [0.4, 0.5) is 0 Å². The Morgan fingerprint density at radius 1 is 1.11 bits per heavy atom. The summed E-state index contributed by atoms with van der Waals surface area (Å²) in [5.74, 6) is 1.44. The van der Waals surface area contributed by atoms with Crippen molar-refractivity contribution in [3.8, 4) is 0 Å². The number of aryl methyl sites for hydroxylation is 2. The predicted molar refractivity (Wildman–Crippen MR) is 118 cm³/mol. The first-order valence-electron chi connectivity index (χ1n) is 9.90. The van der Waals surface area contributed by atoms with Crippen LogP contribution in [0.3, 0.4) is 0 Å². The minimum Gasteiger partial charge on any atom is -0.343 e. The first-order valence-corrected chi connectivity index (χ1v) is 12.7. The molecule has 0 saturated carbocycles. The zero-order valence-electron chi connectivity index (χ0n) is 16.5. The van der Waals surface area contributed by atoms with E-state index in [4.69, 9.17) is 4.98 Å². The molecule has 3 aromatic heterocycles. The van der Waals surface area contributed by atoms with Crippen molar-refractivity contribution in [2.75, 3.05) is 24.6 Å². The number of thioether (sulfide) groups is 2. The number of thiophene rings is 1. The molecule has 0 aliphatic heterocycles. The molecule has 0 unspecified atom stereocenters. The summed E-state index contributed by atoms with van der Waals surface area (Å²) in [5.41, 5.74) is 2.32. The van der Waals surface area contributed by atoms with Gasteiger partial charge in [-0.05, 0) is 50.8 Å². The average molecular weight is 436 g/mol. The highest BCUT2D eigenvalue weighted by molar-refractivity contribution is 8.00. The summed E-state index contributed by atoms with van der Waals surface area (Å²) in [4.78, 5) is 21.8. The lowest BCUT2D eigenvalue weighted by Crippen LogP contribution is -2.31. The maximum atomic E-state index is 12.4. The van der Waals surface area contributed by atoms with Gasteiger partial charge in [-0.15, -0.1) is 21.5 Å². The molecular formula is C19H25N5OS3. The molecule has 1 aliphatic rings. The van der Waals surface area contributed by atoms with Gasteiger partial charge in [0.15, 0.2) is 16.0 Å². The molecule has 6 nitrogen and oxygen atoms in total. The number of fused-ring (bicyclic) bond motifs is 5. The Hall–Kier alpha value is -1.32. The maximum absolute atomic E-state index is 12.4. The second-order valence-electron chi connectivity index (χ2n) is 6.71. The molecule has 4 rings (SSSR count). The van der Waals surface area contributed by atoms with Crippen molar-refractivity contribution in [1.29, 1.82) is 0 Å². The Morgan fingerprint density at radius 3 is 2.64 bits per heavy atom. The van der Waals surface area contributed by atoms with Gasteiger partial charge in [-0.3, -0.25) is 4.79 Å². The molecule has 28 heavy (non-hydrogen) atoms. The summed E-state index contributed by atoms with van der Waals surface area (Å²) in [6.07, 6.45) is 4.73. The van der Waals surface area contributed by atoms with E-state index in [9.17, 15) is 4.79 Å². The fraction of sp³-hybridized carbons (Fsp3) is 0.579. The van der Waals surface area contributed by atoms with E-state index in [-0.39, 0.29) is 5.91 Å². The van der Waals surface area contributed by atoms with Crippen LogP contribution >= 0.6 is 34.9 Å². The van der Waals surface area contributed by atoms with Gasteiger partial charge in [0.1, 0.15) is 4.83 Å². The third-order valence-corrected chi connectivity index (χ3v) is 8.03. The highest BCUT2D eigenvalue weighted by Crippen LogP contribution is 2.39. The molecule has 0 fully saturated rings. The quantitative estimate of drug-likeness (QED) is 0.407. The zero-order valence-corrected chi connectivity index (χ0v) is 19.0. The molecule has 0 spiro atoms. The Balaban J connectivity index is 1.77.